The summed E-state index contributed by atoms with van der Waals surface area (Å²) in [6, 6.07) is -0.196. The quantitative estimate of drug-likeness (QED) is 0.772. The molecule has 1 N–H and O–H groups in total. The van der Waals surface area contributed by atoms with E-state index in [4.69, 9.17) is 5.11 Å². The van der Waals surface area contributed by atoms with Crippen LogP contribution in [-0.2, 0) is 4.79 Å². The standard InChI is InChI=1S/C12H24N2O3S/c1-6-10(8-18-5)13(4)12(17)14(9(2)3)7-11(15)16/h9-10H,6-8H2,1-5H3,(H,15,16). The molecule has 5 nitrogen and oxygen atoms in total. The number of rotatable bonds is 7. The van der Waals surface area contributed by atoms with E-state index in [9.17, 15) is 9.59 Å². The number of urea groups is 1. The van der Waals surface area contributed by atoms with Crippen LogP contribution in [0.3, 0.4) is 0 Å². The molecular weight excluding hydrogens is 252 g/mol. The molecule has 0 bridgehead atoms. The van der Waals surface area contributed by atoms with Crippen LogP contribution in [0, 0.1) is 0 Å². The van der Waals surface area contributed by atoms with Crippen LogP contribution in [0.5, 0.6) is 0 Å². The molecule has 106 valence electrons. The van der Waals surface area contributed by atoms with Gasteiger partial charge in [-0.3, -0.25) is 4.79 Å². The molecule has 0 aromatic carbocycles. The van der Waals surface area contributed by atoms with Crippen molar-refractivity contribution in [2.75, 3.05) is 25.6 Å². The Hall–Kier alpha value is -0.910. The maximum atomic E-state index is 12.3. The maximum absolute atomic E-state index is 12.3. The fourth-order valence-corrected chi connectivity index (χ4v) is 2.52. The zero-order valence-corrected chi connectivity index (χ0v) is 12.7. The van der Waals surface area contributed by atoms with E-state index in [1.165, 1.54) is 4.90 Å². The van der Waals surface area contributed by atoms with E-state index in [-0.39, 0.29) is 24.7 Å². The monoisotopic (exact) mass is 276 g/mol. The Bertz CT molecular complexity index is 284. The molecule has 0 saturated carbocycles. The zero-order chi connectivity index (χ0) is 14.3. The molecule has 0 radical (unpaired) electrons. The molecule has 0 saturated heterocycles. The first-order valence-corrected chi connectivity index (χ1v) is 7.48. The van der Waals surface area contributed by atoms with Crippen LogP contribution in [0.2, 0.25) is 0 Å². The number of amides is 2. The molecule has 0 aliphatic rings. The predicted octanol–water partition coefficient (Wildman–Crippen LogP) is 1.97. The lowest BCUT2D eigenvalue weighted by molar-refractivity contribution is -0.138. The Morgan fingerprint density at radius 1 is 1.33 bits per heavy atom. The number of aliphatic carboxylic acids is 1. The van der Waals surface area contributed by atoms with Gasteiger partial charge in [-0.15, -0.1) is 0 Å². The normalized spacial score (nSPS) is 12.3. The van der Waals surface area contributed by atoms with Gasteiger partial charge in [0.25, 0.3) is 0 Å². The summed E-state index contributed by atoms with van der Waals surface area (Å²) in [7, 11) is 1.74. The topological polar surface area (TPSA) is 60.9 Å². The summed E-state index contributed by atoms with van der Waals surface area (Å²) in [5.74, 6) is -0.124. The van der Waals surface area contributed by atoms with Gasteiger partial charge in [0.1, 0.15) is 6.54 Å². The fraction of sp³-hybridized carbons (Fsp3) is 0.833. The van der Waals surface area contributed by atoms with Crippen molar-refractivity contribution in [3.63, 3.8) is 0 Å². The summed E-state index contributed by atoms with van der Waals surface area (Å²) >= 11 is 1.69. The molecule has 2 amide bonds. The Morgan fingerprint density at radius 3 is 2.22 bits per heavy atom. The van der Waals surface area contributed by atoms with Gasteiger partial charge in [-0.1, -0.05) is 6.92 Å². The fourth-order valence-electron chi connectivity index (χ4n) is 1.67. The molecule has 0 aromatic rings. The summed E-state index contributed by atoms with van der Waals surface area (Å²) in [6.07, 6.45) is 2.86. The number of carboxylic acids is 1. The van der Waals surface area contributed by atoms with E-state index < -0.39 is 5.97 Å². The van der Waals surface area contributed by atoms with Crippen molar-refractivity contribution in [3.05, 3.63) is 0 Å². The third-order valence-electron chi connectivity index (χ3n) is 2.85. The molecule has 0 fully saturated rings. The van der Waals surface area contributed by atoms with Gasteiger partial charge in [-0.25, -0.2) is 4.79 Å². The van der Waals surface area contributed by atoms with Crippen LogP contribution in [0.4, 0.5) is 4.79 Å². The Labute approximate surface area is 114 Å². The lowest BCUT2D eigenvalue weighted by Crippen LogP contribution is -2.50. The minimum Gasteiger partial charge on any atom is -0.480 e. The average molecular weight is 276 g/mol. The zero-order valence-electron chi connectivity index (χ0n) is 11.8. The van der Waals surface area contributed by atoms with Crippen molar-refractivity contribution in [3.8, 4) is 0 Å². The Kier molecular flexibility index (Phi) is 7.82. The van der Waals surface area contributed by atoms with Crippen molar-refractivity contribution >= 4 is 23.8 Å². The smallest absolute Gasteiger partial charge is 0.323 e. The summed E-state index contributed by atoms with van der Waals surface area (Å²) in [5.41, 5.74) is 0. The van der Waals surface area contributed by atoms with E-state index >= 15 is 0 Å². The van der Waals surface area contributed by atoms with Gasteiger partial charge < -0.3 is 14.9 Å². The van der Waals surface area contributed by atoms with E-state index in [1.54, 1.807) is 23.7 Å². The molecule has 0 aromatic heterocycles. The average Bonchev–Trinajstić information content (AvgIpc) is 2.30. The molecule has 0 aliphatic carbocycles. The van der Waals surface area contributed by atoms with E-state index in [2.05, 4.69) is 0 Å². The van der Waals surface area contributed by atoms with Gasteiger partial charge in [0.2, 0.25) is 0 Å². The molecular formula is C12H24N2O3S. The van der Waals surface area contributed by atoms with Crippen molar-refractivity contribution in [2.24, 2.45) is 0 Å². The van der Waals surface area contributed by atoms with E-state index in [0.29, 0.717) is 0 Å². The maximum Gasteiger partial charge on any atom is 0.323 e. The van der Waals surface area contributed by atoms with E-state index in [0.717, 1.165) is 12.2 Å². The SMILES string of the molecule is CCC(CSC)N(C)C(=O)N(CC(=O)O)C(C)C. The minimum absolute atomic E-state index is 0.122. The lowest BCUT2D eigenvalue weighted by Gasteiger charge is -2.34. The first-order chi connectivity index (χ1) is 8.34. The van der Waals surface area contributed by atoms with Crippen LogP contribution >= 0.6 is 11.8 Å². The van der Waals surface area contributed by atoms with Crippen LogP contribution in [-0.4, -0.2) is 64.6 Å². The molecule has 0 aliphatic heterocycles. The highest BCUT2D eigenvalue weighted by Gasteiger charge is 2.26. The Balaban J connectivity index is 4.78. The van der Waals surface area contributed by atoms with Crippen molar-refractivity contribution in [1.29, 1.82) is 0 Å². The molecule has 1 atom stereocenters. The number of carbonyl (C=O) groups excluding carboxylic acids is 1. The van der Waals surface area contributed by atoms with Crippen molar-refractivity contribution in [1.82, 2.24) is 9.80 Å². The minimum atomic E-state index is -0.983. The van der Waals surface area contributed by atoms with E-state index in [1.807, 2.05) is 27.0 Å². The first-order valence-electron chi connectivity index (χ1n) is 6.09. The highest BCUT2D eigenvalue weighted by molar-refractivity contribution is 7.98. The number of hydrogen-bond donors (Lipinski definition) is 1. The van der Waals surface area contributed by atoms with Crippen LogP contribution in [0.1, 0.15) is 27.2 Å². The highest BCUT2D eigenvalue weighted by atomic mass is 32.2. The summed E-state index contributed by atoms with van der Waals surface area (Å²) in [5, 5.41) is 8.85. The van der Waals surface area contributed by atoms with Gasteiger partial charge in [0.05, 0.1) is 0 Å². The second kappa shape index (κ2) is 8.24. The highest BCUT2D eigenvalue weighted by Crippen LogP contribution is 2.12. The molecule has 18 heavy (non-hydrogen) atoms. The van der Waals surface area contributed by atoms with Gasteiger partial charge in [0.15, 0.2) is 0 Å². The van der Waals surface area contributed by atoms with Crippen molar-refractivity contribution < 1.29 is 14.7 Å². The van der Waals surface area contributed by atoms with Gasteiger partial charge in [0, 0.05) is 24.9 Å². The number of carboxylic acid groups (broad SMARTS) is 1. The molecule has 6 heteroatoms. The first kappa shape index (κ1) is 17.1. The number of hydrogen-bond acceptors (Lipinski definition) is 3. The second-order valence-corrected chi connectivity index (χ2v) is 5.44. The van der Waals surface area contributed by atoms with Gasteiger partial charge in [-0.2, -0.15) is 11.8 Å². The lowest BCUT2D eigenvalue weighted by atomic mass is 10.2. The predicted molar refractivity (Wildman–Crippen MR) is 75.1 cm³/mol. The van der Waals surface area contributed by atoms with Gasteiger partial charge in [-0.05, 0) is 26.5 Å². The van der Waals surface area contributed by atoms with Crippen LogP contribution < -0.4 is 0 Å². The van der Waals surface area contributed by atoms with Gasteiger partial charge >= 0.3 is 12.0 Å². The van der Waals surface area contributed by atoms with Crippen molar-refractivity contribution in [2.45, 2.75) is 39.3 Å². The molecule has 1 unspecified atom stereocenters. The molecule has 0 spiro atoms. The third-order valence-corrected chi connectivity index (χ3v) is 3.57. The number of carbonyl (C=O) groups is 2. The number of nitrogens with zero attached hydrogens (tertiary/aromatic N) is 2. The molecule has 0 rings (SSSR count). The third kappa shape index (κ3) is 5.16. The summed E-state index contributed by atoms with van der Waals surface area (Å²) in [6.45, 7) is 5.42. The van der Waals surface area contributed by atoms with Crippen LogP contribution in [0.25, 0.3) is 0 Å². The summed E-state index contributed by atoms with van der Waals surface area (Å²) < 4.78 is 0. The van der Waals surface area contributed by atoms with Crippen LogP contribution in [0.15, 0.2) is 0 Å². The Morgan fingerprint density at radius 2 is 1.89 bits per heavy atom. The molecule has 0 heterocycles. The largest absolute Gasteiger partial charge is 0.480 e. The summed E-state index contributed by atoms with van der Waals surface area (Å²) in [4.78, 5) is 26.1. The number of thioether (sulfide) groups is 1. The second-order valence-electron chi connectivity index (χ2n) is 4.53.